The van der Waals surface area contributed by atoms with Crippen LogP contribution in [-0.4, -0.2) is 0 Å². The summed E-state index contributed by atoms with van der Waals surface area (Å²) in [5, 5.41) is 2.19. The molecule has 0 saturated heterocycles. The third-order valence-electron chi connectivity index (χ3n) is 2.04. The molecular weight excluding hydrogens is 158 g/mol. The van der Waals surface area contributed by atoms with E-state index in [-0.39, 0.29) is 0 Å². The highest BCUT2D eigenvalue weighted by molar-refractivity contribution is 5.39. The molecule has 0 atom stereocenters. The lowest BCUT2D eigenvalue weighted by Gasteiger charge is -1.95. The van der Waals surface area contributed by atoms with Crippen LogP contribution in [-0.2, 0) is 6.42 Å². The SMILES string of the molecule is C=C/C=c1/cc(CC)cc/c1=C/N. The largest absolute Gasteiger partial charge is 0.404 e. The van der Waals surface area contributed by atoms with E-state index in [4.69, 9.17) is 5.73 Å². The van der Waals surface area contributed by atoms with Crippen molar-refractivity contribution in [2.24, 2.45) is 5.73 Å². The molecule has 0 radical (unpaired) electrons. The fourth-order valence-corrected chi connectivity index (χ4v) is 1.27. The molecule has 0 fully saturated rings. The summed E-state index contributed by atoms with van der Waals surface area (Å²) in [7, 11) is 0. The maximum Gasteiger partial charge on any atom is 0.00175 e. The summed E-state index contributed by atoms with van der Waals surface area (Å²) in [5.41, 5.74) is 6.81. The highest BCUT2D eigenvalue weighted by Crippen LogP contribution is 1.91. The summed E-state index contributed by atoms with van der Waals surface area (Å²) in [6.45, 7) is 5.81. The molecule has 1 rings (SSSR count). The number of nitrogens with two attached hydrogens (primary N) is 1. The first-order valence-corrected chi connectivity index (χ1v) is 4.45. The second-order valence-corrected chi connectivity index (χ2v) is 2.89. The van der Waals surface area contributed by atoms with Gasteiger partial charge >= 0.3 is 0 Å². The van der Waals surface area contributed by atoms with Gasteiger partial charge in [0, 0.05) is 6.20 Å². The van der Waals surface area contributed by atoms with E-state index in [0.29, 0.717) is 0 Å². The molecule has 0 aliphatic carbocycles. The molecule has 0 saturated carbocycles. The van der Waals surface area contributed by atoms with Crippen LogP contribution in [0.3, 0.4) is 0 Å². The fraction of sp³-hybridized carbons (Fsp3) is 0.167. The van der Waals surface area contributed by atoms with Gasteiger partial charge in [-0.15, -0.1) is 0 Å². The molecule has 2 N–H and O–H groups in total. The number of allylic oxidation sites excluding steroid dienone is 1. The predicted molar refractivity (Wildman–Crippen MR) is 58.4 cm³/mol. The van der Waals surface area contributed by atoms with E-state index < -0.39 is 0 Å². The van der Waals surface area contributed by atoms with Crippen molar-refractivity contribution in [1.29, 1.82) is 0 Å². The van der Waals surface area contributed by atoms with Crippen LogP contribution in [0.15, 0.2) is 30.9 Å². The minimum absolute atomic E-state index is 1.04. The van der Waals surface area contributed by atoms with Gasteiger partial charge in [0.05, 0.1) is 0 Å². The third kappa shape index (κ3) is 2.22. The van der Waals surface area contributed by atoms with Crippen molar-refractivity contribution in [1.82, 2.24) is 0 Å². The molecule has 0 spiro atoms. The molecule has 1 aromatic carbocycles. The van der Waals surface area contributed by atoms with Gasteiger partial charge in [0.2, 0.25) is 0 Å². The second-order valence-electron chi connectivity index (χ2n) is 2.89. The minimum Gasteiger partial charge on any atom is -0.404 e. The van der Waals surface area contributed by atoms with Crippen LogP contribution in [0, 0.1) is 0 Å². The maximum absolute atomic E-state index is 5.49. The van der Waals surface area contributed by atoms with E-state index in [1.54, 1.807) is 12.3 Å². The Balaban J connectivity index is 3.44. The van der Waals surface area contributed by atoms with Crippen molar-refractivity contribution < 1.29 is 0 Å². The summed E-state index contributed by atoms with van der Waals surface area (Å²) >= 11 is 0. The molecule has 68 valence electrons. The van der Waals surface area contributed by atoms with Gasteiger partial charge in [-0.05, 0) is 22.4 Å². The van der Waals surface area contributed by atoms with Gasteiger partial charge in [0.15, 0.2) is 0 Å². The Labute approximate surface area is 78.9 Å². The zero-order chi connectivity index (χ0) is 9.68. The molecule has 0 unspecified atom stereocenters. The fourth-order valence-electron chi connectivity index (χ4n) is 1.27. The van der Waals surface area contributed by atoms with Crippen LogP contribution in [0.2, 0.25) is 0 Å². The number of rotatable bonds is 2. The van der Waals surface area contributed by atoms with Crippen LogP contribution in [0.5, 0.6) is 0 Å². The molecule has 1 heteroatoms. The summed E-state index contributed by atoms with van der Waals surface area (Å²) in [6.07, 6.45) is 6.41. The van der Waals surface area contributed by atoms with Crippen molar-refractivity contribution >= 4 is 12.3 Å². The van der Waals surface area contributed by atoms with E-state index in [2.05, 4.69) is 25.6 Å². The topological polar surface area (TPSA) is 26.0 Å². The Morgan fingerprint density at radius 3 is 2.69 bits per heavy atom. The Kier molecular flexibility index (Phi) is 3.32. The zero-order valence-corrected chi connectivity index (χ0v) is 7.96. The molecule has 0 aromatic heterocycles. The number of aryl methyl sites for hydroxylation is 1. The molecule has 0 heterocycles. The smallest absolute Gasteiger partial charge is 0.00175 e. The predicted octanol–water partition coefficient (Wildman–Crippen LogP) is 0.912. The molecule has 0 amide bonds. The quantitative estimate of drug-likeness (QED) is 0.707. The summed E-state index contributed by atoms with van der Waals surface area (Å²) < 4.78 is 0. The molecular formula is C12H15N. The molecule has 0 aliphatic heterocycles. The summed E-state index contributed by atoms with van der Waals surface area (Å²) in [5.74, 6) is 0. The van der Waals surface area contributed by atoms with Crippen LogP contribution >= 0.6 is 0 Å². The highest BCUT2D eigenvalue weighted by atomic mass is 14.5. The van der Waals surface area contributed by atoms with Crippen LogP contribution in [0.25, 0.3) is 12.3 Å². The number of benzene rings is 1. The standard InChI is InChI=1S/C12H15N/c1-3-5-11-8-10(4-2)6-7-12(11)9-13/h3,5-9H,1,4,13H2,2H3/b11-5-,12-9-. The first-order chi connectivity index (χ1) is 6.31. The third-order valence-corrected chi connectivity index (χ3v) is 2.04. The molecule has 0 bridgehead atoms. The van der Waals surface area contributed by atoms with Crippen molar-refractivity contribution in [2.75, 3.05) is 0 Å². The van der Waals surface area contributed by atoms with Gasteiger partial charge in [-0.25, -0.2) is 0 Å². The Hall–Kier alpha value is -1.50. The van der Waals surface area contributed by atoms with Gasteiger partial charge in [-0.1, -0.05) is 43.9 Å². The van der Waals surface area contributed by atoms with Crippen molar-refractivity contribution in [3.05, 3.63) is 46.9 Å². The number of hydrogen-bond donors (Lipinski definition) is 1. The van der Waals surface area contributed by atoms with Gasteiger partial charge in [0.1, 0.15) is 0 Å². The normalized spacial score (nSPS) is 13.3. The Morgan fingerprint density at radius 1 is 1.38 bits per heavy atom. The van der Waals surface area contributed by atoms with Crippen LogP contribution < -0.4 is 16.2 Å². The monoisotopic (exact) mass is 173 g/mol. The first kappa shape index (κ1) is 9.59. The Morgan fingerprint density at radius 2 is 2.15 bits per heavy atom. The maximum atomic E-state index is 5.49. The lowest BCUT2D eigenvalue weighted by molar-refractivity contribution is 1.13. The van der Waals surface area contributed by atoms with E-state index in [1.807, 2.05) is 12.1 Å². The molecule has 13 heavy (non-hydrogen) atoms. The van der Waals surface area contributed by atoms with E-state index >= 15 is 0 Å². The zero-order valence-electron chi connectivity index (χ0n) is 7.96. The molecule has 1 nitrogen and oxygen atoms in total. The van der Waals surface area contributed by atoms with Crippen molar-refractivity contribution in [2.45, 2.75) is 13.3 Å². The average Bonchev–Trinajstić information content (AvgIpc) is 2.18. The average molecular weight is 173 g/mol. The van der Waals surface area contributed by atoms with Crippen LogP contribution in [0.1, 0.15) is 12.5 Å². The minimum atomic E-state index is 1.04. The van der Waals surface area contributed by atoms with E-state index in [1.165, 1.54) is 5.56 Å². The lowest BCUT2D eigenvalue weighted by atomic mass is 10.1. The number of hydrogen-bond acceptors (Lipinski definition) is 1. The van der Waals surface area contributed by atoms with Gasteiger partial charge < -0.3 is 5.73 Å². The van der Waals surface area contributed by atoms with E-state index in [0.717, 1.165) is 16.9 Å². The lowest BCUT2D eigenvalue weighted by Crippen LogP contribution is -2.25. The van der Waals surface area contributed by atoms with Gasteiger partial charge in [-0.3, -0.25) is 0 Å². The van der Waals surface area contributed by atoms with Crippen molar-refractivity contribution in [3.8, 4) is 0 Å². The second kappa shape index (κ2) is 4.51. The van der Waals surface area contributed by atoms with Gasteiger partial charge in [0.25, 0.3) is 0 Å². The Bertz CT molecular complexity index is 402. The molecule has 1 aromatic rings. The van der Waals surface area contributed by atoms with Gasteiger partial charge in [-0.2, -0.15) is 0 Å². The molecule has 0 aliphatic rings. The van der Waals surface area contributed by atoms with E-state index in [9.17, 15) is 0 Å². The van der Waals surface area contributed by atoms with Crippen molar-refractivity contribution in [3.63, 3.8) is 0 Å². The van der Waals surface area contributed by atoms with Crippen LogP contribution in [0.4, 0.5) is 0 Å². The highest BCUT2D eigenvalue weighted by Gasteiger charge is 1.88. The first-order valence-electron chi connectivity index (χ1n) is 4.45. The summed E-state index contributed by atoms with van der Waals surface area (Å²) in [4.78, 5) is 0. The summed E-state index contributed by atoms with van der Waals surface area (Å²) in [6, 6.07) is 6.27.